The third-order valence-electron chi connectivity index (χ3n) is 3.12. The zero-order chi connectivity index (χ0) is 18.4. The summed E-state index contributed by atoms with van der Waals surface area (Å²) in [5.41, 5.74) is 0.659. The Hall–Kier alpha value is -3.42. The summed E-state index contributed by atoms with van der Waals surface area (Å²) in [6.45, 7) is 0. The number of ether oxygens (including phenoxy) is 2. The third kappa shape index (κ3) is 4.77. The fourth-order valence-corrected chi connectivity index (χ4v) is 1.94. The van der Waals surface area contributed by atoms with Gasteiger partial charge in [0.25, 0.3) is 5.69 Å². The Kier molecular flexibility index (Phi) is 5.67. The number of nitro benzene ring substituents is 1. The highest BCUT2D eigenvalue weighted by Gasteiger charge is 2.15. The second-order valence-corrected chi connectivity index (χ2v) is 5.20. The molecular formula is C17H17N3O5. The number of non-ortho nitro benzene ring substituents is 1. The lowest BCUT2D eigenvalue weighted by atomic mass is 10.2. The van der Waals surface area contributed by atoms with Gasteiger partial charge in [0.2, 0.25) is 0 Å². The van der Waals surface area contributed by atoms with Gasteiger partial charge < -0.3 is 14.5 Å². The van der Waals surface area contributed by atoms with Crippen molar-refractivity contribution >= 4 is 17.9 Å². The van der Waals surface area contributed by atoms with Crippen LogP contribution in [0.2, 0.25) is 0 Å². The minimum atomic E-state index is -0.711. The molecule has 0 heterocycles. The van der Waals surface area contributed by atoms with Crippen LogP contribution in [0.1, 0.15) is 15.9 Å². The van der Waals surface area contributed by atoms with Gasteiger partial charge in [-0.2, -0.15) is 5.10 Å². The largest absolute Gasteiger partial charge is 0.493 e. The van der Waals surface area contributed by atoms with E-state index in [2.05, 4.69) is 5.10 Å². The van der Waals surface area contributed by atoms with E-state index in [1.54, 1.807) is 43.5 Å². The molecule has 2 rings (SSSR count). The maximum atomic E-state index is 12.2. The van der Waals surface area contributed by atoms with Gasteiger partial charge in [0, 0.05) is 26.2 Å². The highest BCUT2D eigenvalue weighted by Crippen LogP contribution is 2.28. The standard InChI is InChI=1S/C17H17N3O5/c1-19(2)18-11-12-7-8-15(16(9-12)24-3)25-17(21)13-5-4-6-14(10-13)20(22)23/h4-11H,1-3H3/b18-11-. The van der Waals surface area contributed by atoms with Crippen molar-refractivity contribution in [1.29, 1.82) is 0 Å². The van der Waals surface area contributed by atoms with Gasteiger partial charge >= 0.3 is 5.97 Å². The number of nitrogens with zero attached hydrogens (tertiary/aromatic N) is 3. The summed E-state index contributed by atoms with van der Waals surface area (Å²) in [6, 6.07) is 10.3. The Balaban J connectivity index is 2.23. The molecule has 0 bridgehead atoms. The number of hydrogen-bond acceptors (Lipinski definition) is 7. The predicted octanol–water partition coefficient (Wildman–Crippen LogP) is 2.72. The first-order valence-electron chi connectivity index (χ1n) is 7.26. The summed E-state index contributed by atoms with van der Waals surface area (Å²) in [6.07, 6.45) is 1.63. The predicted molar refractivity (Wildman–Crippen MR) is 92.3 cm³/mol. The molecule has 0 atom stereocenters. The topological polar surface area (TPSA) is 94.3 Å². The van der Waals surface area contributed by atoms with Gasteiger partial charge in [-0.1, -0.05) is 6.07 Å². The number of rotatable bonds is 6. The first-order valence-corrected chi connectivity index (χ1v) is 7.26. The Morgan fingerprint density at radius 3 is 2.60 bits per heavy atom. The number of hydrogen-bond donors (Lipinski definition) is 0. The zero-order valence-corrected chi connectivity index (χ0v) is 14.0. The second-order valence-electron chi connectivity index (χ2n) is 5.20. The lowest BCUT2D eigenvalue weighted by molar-refractivity contribution is -0.384. The van der Waals surface area contributed by atoms with Crippen molar-refractivity contribution in [2.75, 3.05) is 21.2 Å². The number of hydrazone groups is 1. The maximum Gasteiger partial charge on any atom is 0.343 e. The van der Waals surface area contributed by atoms with Crippen LogP contribution in [0, 0.1) is 10.1 Å². The van der Waals surface area contributed by atoms with E-state index in [1.807, 2.05) is 0 Å². The third-order valence-corrected chi connectivity index (χ3v) is 3.12. The average molecular weight is 343 g/mol. The molecule has 0 N–H and O–H groups in total. The molecular weight excluding hydrogens is 326 g/mol. The molecule has 8 nitrogen and oxygen atoms in total. The average Bonchev–Trinajstić information content (AvgIpc) is 2.60. The number of benzene rings is 2. The van der Waals surface area contributed by atoms with Crippen LogP contribution in [0.4, 0.5) is 5.69 Å². The molecule has 130 valence electrons. The van der Waals surface area contributed by atoms with Crippen molar-refractivity contribution in [3.8, 4) is 11.5 Å². The Morgan fingerprint density at radius 1 is 1.20 bits per heavy atom. The first kappa shape index (κ1) is 17.9. The molecule has 2 aromatic rings. The monoisotopic (exact) mass is 343 g/mol. The van der Waals surface area contributed by atoms with Crippen molar-refractivity contribution in [1.82, 2.24) is 5.01 Å². The Labute approximate surface area is 144 Å². The van der Waals surface area contributed by atoms with E-state index >= 15 is 0 Å². The van der Waals surface area contributed by atoms with E-state index in [1.165, 1.54) is 25.3 Å². The Bertz CT molecular complexity index is 818. The van der Waals surface area contributed by atoms with E-state index < -0.39 is 10.9 Å². The quantitative estimate of drug-likeness (QED) is 0.263. The highest BCUT2D eigenvalue weighted by molar-refractivity contribution is 5.92. The van der Waals surface area contributed by atoms with Crippen LogP contribution in [0.25, 0.3) is 0 Å². The molecule has 0 aliphatic rings. The fraction of sp³-hybridized carbons (Fsp3) is 0.176. The lowest BCUT2D eigenvalue weighted by Crippen LogP contribution is -2.10. The second kappa shape index (κ2) is 7.91. The summed E-state index contributed by atoms with van der Waals surface area (Å²) in [5, 5.41) is 16.6. The van der Waals surface area contributed by atoms with E-state index in [0.29, 0.717) is 5.75 Å². The molecule has 0 spiro atoms. The molecule has 0 saturated heterocycles. The van der Waals surface area contributed by atoms with E-state index in [0.717, 1.165) is 11.6 Å². The van der Waals surface area contributed by atoms with Crippen LogP contribution < -0.4 is 9.47 Å². The summed E-state index contributed by atoms with van der Waals surface area (Å²) in [7, 11) is 5.04. The minimum Gasteiger partial charge on any atom is -0.493 e. The summed E-state index contributed by atoms with van der Waals surface area (Å²) < 4.78 is 10.5. The van der Waals surface area contributed by atoms with Crippen molar-refractivity contribution in [3.63, 3.8) is 0 Å². The first-order chi connectivity index (χ1) is 11.9. The van der Waals surface area contributed by atoms with Crippen LogP contribution >= 0.6 is 0 Å². The van der Waals surface area contributed by atoms with Gasteiger partial charge in [-0.3, -0.25) is 10.1 Å². The number of methoxy groups -OCH3 is 1. The summed E-state index contributed by atoms with van der Waals surface area (Å²) in [5.74, 6) is -0.154. The van der Waals surface area contributed by atoms with Gasteiger partial charge in [0.15, 0.2) is 11.5 Å². The smallest absolute Gasteiger partial charge is 0.343 e. The van der Waals surface area contributed by atoms with E-state index in [-0.39, 0.29) is 17.0 Å². The Morgan fingerprint density at radius 2 is 1.96 bits per heavy atom. The van der Waals surface area contributed by atoms with Crippen LogP contribution in [0.5, 0.6) is 11.5 Å². The van der Waals surface area contributed by atoms with E-state index in [4.69, 9.17) is 9.47 Å². The molecule has 0 unspecified atom stereocenters. The molecule has 25 heavy (non-hydrogen) atoms. The van der Waals surface area contributed by atoms with Crippen molar-refractivity contribution in [2.24, 2.45) is 5.10 Å². The van der Waals surface area contributed by atoms with Gasteiger partial charge in [-0.15, -0.1) is 0 Å². The van der Waals surface area contributed by atoms with Crippen LogP contribution in [0.15, 0.2) is 47.6 Å². The van der Waals surface area contributed by atoms with Crippen molar-refractivity contribution in [2.45, 2.75) is 0 Å². The SMILES string of the molecule is COc1cc(/C=N\N(C)C)ccc1OC(=O)c1cccc([N+](=O)[O-])c1. The number of nitro groups is 1. The van der Waals surface area contributed by atoms with Gasteiger partial charge in [0.1, 0.15) is 0 Å². The van der Waals surface area contributed by atoms with Gasteiger partial charge in [-0.25, -0.2) is 4.79 Å². The molecule has 0 aliphatic carbocycles. The summed E-state index contributed by atoms with van der Waals surface area (Å²) in [4.78, 5) is 22.4. The van der Waals surface area contributed by atoms with Crippen LogP contribution in [0.3, 0.4) is 0 Å². The lowest BCUT2D eigenvalue weighted by Gasteiger charge is -2.10. The number of carbonyl (C=O) groups is 1. The maximum absolute atomic E-state index is 12.2. The summed E-state index contributed by atoms with van der Waals surface area (Å²) >= 11 is 0. The number of esters is 1. The van der Waals surface area contributed by atoms with Crippen molar-refractivity contribution in [3.05, 3.63) is 63.7 Å². The fourth-order valence-electron chi connectivity index (χ4n) is 1.94. The zero-order valence-electron chi connectivity index (χ0n) is 14.0. The van der Waals surface area contributed by atoms with Crippen LogP contribution in [-0.2, 0) is 0 Å². The molecule has 0 aromatic heterocycles. The molecule has 0 amide bonds. The highest BCUT2D eigenvalue weighted by atomic mass is 16.6. The molecule has 0 radical (unpaired) electrons. The molecule has 0 aliphatic heterocycles. The van der Waals surface area contributed by atoms with Gasteiger partial charge in [0.05, 0.1) is 23.8 Å². The molecule has 2 aromatic carbocycles. The van der Waals surface area contributed by atoms with Crippen LogP contribution in [-0.4, -0.2) is 43.3 Å². The molecule has 0 saturated carbocycles. The molecule has 8 heteroatoms. The van der Waals surface area contributed by atoms with Crippen molar-refractivity contribution < 1.29 is 19.2 Å². The minimum absolute atomic E-state index is 0.0782. The normalized spacial score (nSPS) is 10.5. The number of carbonyl (C=O) groups excluding carboxylic acids is 1. The van der Waals surface area contributed by atoms with Gasteiger partial charge in [-0.05, 0) is 29.8 Å². The molecule has 0 fully saturated rings. The van der Waals surface area contributed by atoms with E-state index in [9.17, 15) is 14.9 Å².